The van der Waals surface area contributed by atoms with Gasteiger partial charge < -0.3 is 0 Å². The van der Waals surface area contributed by atoms with Crippen molar-refractivity contribution in [1.29, 1.82) is 5.26 Å². The smallest absolute Gasteiger partial charge is 0.187 e. The van der Waals surface area contributed by atoms with E-state index in [9.17, 15) is 17.6 Å². The van der Waals surface area contributed by atoms with E-state index in [1.165, 1.54) is 6.07 Å². The molecule has 104 valence electrons. The molecule has 0 saturated heterocycles. The number of aromatic nitrogens is 2. The van der Waals surface area contributed by atoms with Crippen molar-refractivity contribution in [2.45, 2.75) is 0 Å². The summed E-state index contributed by atoms with van der Waals surface area (Å²) >= 11 is 0. The van der Waals surface area contributed by atoms with Gasteiger partial charge in [-0.05, 0) is 12.1 Å². The van der Waals surface area contributed by atoms with E-state index in [1.54, 1.807) is 18.2 Å². The van der Waals surface area contributed by atoms with Crippen LogP contribution < -0.4 is 0 Å². The highest BCUT2D eigenvalue weighted by Crippen LogP contribution is 2.28. The Hall–Kier alpha value is -2.88. The lowest BCUT2D eigenvalue weighted by atomic mass is 10.1. The summed E-state index contributed by atoms with van der Waals surface area (Å²) in [5.41, 5.74) is -1.56. The Morgan fingerprint density at radius 3 is 2.19 bits per heavy atom. The Balaban J connectivity index is 2.42. The van der Waals surface area contributed by atoms with E-state index >= 15 is 0 Å². The molecule has 2 aromatic carbocycles. The number of para-hydroxylation sites is 2. The molecule has 0 aliphatic carbocycles. The van der Waals surface area contributed by atoms with E-state index < -0.39 is 34.5 Å². The van der Waals surface area contributed by atoms with Gasteiger partial charge in [-0.1, -0.05) is 12.1 Å². The molecule has 1 heterocycles. The van der Waals surface area contributed by atoms with E-state index in [2.05, 4.69) is 4.98 Å². The number of hydrogen-bond donors (Lipinski definition) is 0. The molecule has 0 aliphatic rings. The van der Waals surface area contributed by atoms with Crippen molar-refractivity contribution in [3.05, 3.63) is 59.4 Å². The lowest BCUT2D eigenvalue weighted by Gasteiger charge is -2.10. The van der Waals surface area contributed by atoms with E-state index in [0.29, 0.717) is 5.52 Å². The van der Waals surface area contributed by atoms with Gasteiger partial charge >= 0.3 is 0 Å². The third-order valence-electron chi connectivity index (χ3n) is 3.05. The molecule has 7 heteroatoms. The fraction of sp³-hybridized carbons (Fsp3) is 0. The molecule has 0 amide bonds. The molecule has 0 N–H and O–H groups in total. The number of benzene rings is 2. The van der Waals surface area contributed by atoms with Crippen LogP contribution in [0.3, 0.4) is 0 Å². The molecule has 21 heavy (non-hydrogen) atoms. The van der Waals surface area contributed by atoms with Crippen molar-refractivity contribution < 1.29 is 17.6 Å². The van der Waals surface area contributed by atoms with Crippen molar-refractivity contribution in [1.82, 2.24) is 9.55 Å². The first-order chi connectivity index (χ1) is 10.1. The highest BCUT2D eigenvalue weighted by molar-refractivity contribution is 5.77. The van der Waals surface area contributed by atoms with Crippen molar-refractivity contribution >= 4 is 11.0 Å². The Kier molecular flexibility index (Phi) is 2.87. The van der Waals surface area contributed by atoms with Crippen LogP contribution in [-0.2, 0) is 0 Å². The molecule has 3 aromatic rings. The first-order valence-corrected chi connectivity index (χ1v) is 5.74. The largest absolute Gasteiger partial charge is 0.293 e. The van der Waals surface area contributed by atoms with Crippen molar-refractivity contribution in [2.75, 3.05) is 0 Å². The predicted molar refractivity (Wildman–Crippen MR) is 65.6 cm³/mol. The van der Waals surface area contributed by atoms with Gasteiger partial charge in [0.05, 0.1) is 11.0 Å². The second-order valence-corrected chi connectivity index (χ2v) is 4.19. The maximum atomic E-state index is 14.0. The molecule has 0 bridgehead atoms. The van der Waals surface area contributed by atoms with Crippen LogP contribution in [0.25, 0.3) is 16.7 Å². The number of nitriles is 1. The number of fused-ring (bicyclic) bond motifs is 1. The van der Waals surface area contributed by atoms with Crippen LogP contribution in [0.2, 0.25) is 0 Å². The van der Waals surface area contributed by atoms with Crippen molar-refractivity contribution in [3.8, 4) is 11.8 Å². The molecule has 0 atom stereocenters. The van der Waals surface area contributed by atoms with Crippen LogP contribution in [0.4, 0.5) is 17.6 Å². The quantitative estimate of drug-likeness (QED) is 0.509. The topological polar surface area (TPSA) is 41.6 Å². The number of rotatable bonds is 1. The van der Waals surface area contributed by atoms with E-state index in [1.807, 2.05) is 0 Å². The zero-order valence-corrected chi connectivity index (χ0v) is 10.2. The minimum Gasteiger partial charge on any atom is -0.293 e. The number of halogens is 4. The summed E-state index contributed by atoms with van der Waals surface area (Å²) in [6.45, 7) is 0. The minimum absolute atomic E-state index is 0.277. The van der Waals surface area contributed by atoms with Crippen LogP contribution in [0.1, 0.15) is 5.56 Å². The van der Waals surface area contributed by atoms with Crippen LogP contribution >= 0.6 is 0 Å². The second kappa shape index (κ2) is 4.59. The first kappa shape index (κ1) is 13.1. The summed E-state index contributed by atoms with van der Waals surface area (Å²) in [7, 11) is 0. The highest BCUT2D eigenvalue weighted by atomic mass is 19.2. The number of hydrogen-bond acceptors (Lipinski definition) is 2. The summed E-state index contributed by atoms with van der Waals surface area (Å²) in [4.78, 5) is 3.90. The third kappa shape index (κ3) is 1.76. The monoisotopic (exact) mass is 291 g/mol. The van der Waals surface area contributed by atoms with Crippen molar-refractivity contribution in [2.24, 2.45) is 0 Å². The molecule has 1 aromatic heterocycles. The molecule has 0 fully saturated rings. The summed E-state index contributed by atoms with van der Waals surface area (Å²) in [6.07, 6.45) is 1.05. The molecule has 0 saturated carbocycles. The Morgan fingerprint density at radius 1 is 0.952 bits per heavy atom. The molecule has 3 rings (SSSR count). The molecule has 0 unspecified atom stereocenters. The maximum absolute atomic E-state index is 14.0. The van der Waals surface area contributed by atoms with Gasteiger partial charge in [-0.25, -0.2) is 22.5 Å². The zero-order chi connectivity index (χ0) is 15.1. The van der Waals surface area contributed by atoms with E-state index in [0.717, 1.165) is 17.0 Å². The van der Waals surface area contributed by atoms with E-state index in [-0.39, 0.29) is 5.52 Å². The van der Waals surface area contributed by atoms with Crippen molar-refractivity contribution in [3.63, 3.8) is 0 Å². The Morgan fingerprint density at radius 2 is 1.57 bits per heavy atom. The molecular formula is C14H5F4N3. The summed E-state index contributed by atoms with van der Waals surface area (Å²) in [6, 6.07) is 7.43. The Bertz CT molecular complexity index is 879. The molecular weight excluding hydrogens is 286 g/mol. The van der Waals surface area contributed by atoms with Gasteiger partial charge in [0.1, 0.15) is 23.6 Å². The SMILES string of the molecule is N#Cc1c(F)c(F)c(-n2cnc3ccccc32)c(F)c1F. The van der Waals surface area contributed by atoms with Gasteiger partial charge in [0.25, 0.3) is 0 Å². The zero-order valence-electron chi connectivity index (χ0n) is 10.2. The van der Waals surface area contributed by atoms with Gasteiger partial charge in [-0.15, -0.1) is 0 Å². The normalized spacial score (nSPS) is 10.8. The minimum atomic E-state index is -1.73. The van der Waals surface area contributed by atoms with Gasteiger partial charge in [-0.2, -0.15) is 5.26 Å². The van der Waals surface area contributed by atoms with E-state index in [4.69, 9.17) is 5.26 Å². The summed E-state index contributed by atoms with van der Waals surface area (Å²) in [5.74, 6) is -6.75. The average molecular weight is 291 g/mol. The van der Waals surface area contributed by atoms with Gasteiger partial charge in [0.2, 0.25) is 0 Å². The molecule has 0 aliphatic heterocycles. The Labute approximate surface area is 115 Å². The van der Waals surface area contributed by atoms with Gasteiger partial charge in [-0.3, -0.25) is 4.57 Å². The second-order valence-electron chi connectivity index (χ2n) is 4.19. The highest BCUT2D eigenvalue weighted by Gasteiger charge is 2.27. The predicted octanol–water partition coefficient (Wildman–Crippen LogP) is 3.45. The maximum Gasteiger partial charge on any atom is 0.187 e. The number of nitrogens with zero attached hydrogens (tertiary/aromatic N) is 3. The van der Waals surface area contributed by atoms with Gasteiger partial charge in [0, 0.05) is 0 Å². The van der Waals surface area contributed by atoms with Crippen LogP contribution in [0.15, 0.2) is 30.6 Å². The summed E-state index contributed by atoms with van der Waals surface area (Å²) in [5, 5.41) is 8.56. The lowest BCUT2D eigenvalue weighted by Crippen LogP contribution is -2.08. The average Bonchev–Trinajstić information content (AvgIpc) is 2.90. The fourth-order valence-corrected chi connectivity index (χ4v) is 2.07. The van der Waals surface area contributed by atoms with Crippen LogP contribution in [0, 0.1) is 34.6 Å². The molecule has 0 radical (unpaired) electrons. The van der Waals surface area contributed by atoms with Crippen LogP contribution in [-0.4, -0.2) is 9.55 Å². The lowest BCUT2D eigenvalue weighted by molar-refractivity contribution is 0.445. The van der Waals surface area contributed by atoms with Crippen LogP contribution in [0.5, 0.6) is 0 Å². The fourth-order valence-electron chi connectivity index (χ4n) is 2.07. The third-order valence-corrected chi connectivity index (χ3v) is 3.05. The molecule has 3 nitrogen and oxygen atoms in total. The van der Waals surface area contributed by atoms with Gasteiger partial charge in [0.15, 0.2) is 23.3 Å². The molecule has 0 spiro atoms. The first-order valence-electron chi connectivity index (χ1n) is 5.74. The number of imidazole rings is 1. The standard InChI is InChI=1S/C14H5F4N3/c15-10-7(5-19)11(16)13(18)14(12(10)17)21-6-20-8-3-1-2-4-9(8)21/h1-4,6H. The summed E-state index contributed by atoms with van der Waals surface area (Å²) < 4.78 is 56.2.